The lowest BCUT2D eigenvalue weighted by atomic mass is 10.1. The number of rotatable bonds is 0. The summed E-state index contributed by atoms with van der Waals surface area (Å²) >= 11 is 0. The highest BCUT2D eigenvalue weighted by atomic mass is 16.5. The molecule has 0 atom stereocenters. The summed E-state index contributed by atoms with van der Waals surface area (Å²) in [6.45, 7) is 0.614. The number of esters is 1. The summed E-state index contributed by atoms with van der Waals surface area (Å²) in [6.07, 6.45) is 18.5. The number of carbonyl (C=O) groups is 1. The van der Waals surface area contributed by atoms with Gasteiger partial charge >= 0.3 is 5.97 Å². The lowest BCUT2D eigenvalue weighted by Crippen LogP contribution is -2.05. The third-order valence-electron chi connectivity index (χ3n) is 3.46. The summed E-state index contributed by atoms with van der Waals surface area (Å²) in [5.41, 5.74) is 0. The van der Waals surface area contributed by atoms with E-state index < -0.39 is 0 Å². The Balaban J connectivity index is 2.18. The Kier molecular flexibility index (Phi) is 9.59. The third-order valence-corrected chi connectivity index (χ3v) is 3.46. The van der Waals surface area contributed by atoms with E-state index in [0.29, 0.717) is 13.0 Å². The van der Waals surface area contributed by atoms with Crippen molar-refractivity contribution >= 4 is 5.97 Å². The fraction of sp³-hybridized carbons (Fsp3) is 0.812. The lowest BCUT2D eigenvalue weighted by molar-refractivity contribution is -0.143. The van der Waals surface area contributed by atoms with E-state index in [1.807, 2.05) is 0 Å². The summed E-state index contributed by atoms with van der Waals surface area (Å²) < 4.78 is 5.19. The molecule has 0 spiro atoms. The molecule has 0 aromatic rings. The van der Waals surface area contributed by atoms with Crippen LogP contribution in [0.1, 0.15) is 77.0 Å². The third kappa shape index (κ3) is 9.26. The maximum absolute atomic E-state index is 11.4. The molecule has 0 saturated carbocycles. The smallest absolute Gasteiger partial charge is 0.306 e. The molecule has 0 aliphatic carbocycles. The van der Waals surface area contributed by atoms with Crippen LogP contribution in [0.15, 0.2) is 12.2 Å². The topological polar surface area (TPSA) is 26.3 Å². The Labute approximate surface area is 112 Å². The molecule has 1 aliphatic heterocycles. The molecule has 0 aromatic heterocycles. The van der Waals surface area contributed by atoms with Crippen molar-refractivity contribution < 1.29 is 9.53 Å². The molecule has 0 saturated heterocycles. The van der Waals surface area contributed by atoms with Crippen LogP contribution in [0.25, 0.3) is 0 Å². The molecular formula is C16H28O2. The number of hydrogen-bond acceptors (Lipinski definition) is 2. The predicted octanol–water partition coefficient (Wildman–Crippen LogP) is 4.78. The molecule has 1 heterocycles. The van der Waals surface area contributed by atoms with Crippen molar-refractivity contribution in [3.05, 3.63) is 12.2 Å². The SMILES string of the molecule is O=C1CCC=CCCCCCCCCCCCO1. The zero-order valence-corrected chi connectivity index (χ0v) is 11.7. The van der Waals surface area contributed by atoms with Crippen molar-refractivity contribution in [2.45, 2.75) is 77.0 Å². The molecule has 0 N–H and O–H groups in total. The Bertz CT molecular complexity index is 233. The van der Waals surface area contributed by atoms with E-state index >= 15 is 0 Å². The van der Waals surface area contributed by atoms with Gasteiger partial charge in [0.1, 0.15) is 0 Å². The van der Waals surface area contributed by atoms with Gasteiger partial charge < -0.3 is 4.74 Å². The first-order valence-corrected chi connectivity index (χ1v) is 7.70. The molecule has 0 fully saturated rings. The van der Waals surface area contributed by atoms with Gasteiger partial charge in [0.15, 0.2) is 0 Å². The molecule has 0 radical (unpaired) electrons. The highest BCUT2D eigenvalue weighted by molar-refractivity contribution is 5.69. The van der Waals surface area contributed by atoms with Crippen molar-refractivity contribution in [3.63, 3.8) is 0 Å². The molecule has 1 aliphatic rings. The average molecular weight is 252 g/mol. The summed E-state index contributed by atoms with van der Waals surface area (Å²) in [5, 5.41) is 0. The summed E-state index contributed by atoms with van der Waals surface area (Å²) in [5.74, 6) is -0.0380. The van der Waals surface area contributed by atoms with Crippen LogP contribution in [0.3, 0.4) is 0 Å². The van der Waals surface area contributed by atoms with Gasteiger partial charge in [-0.3, -0.25) is 4.79 Å². The largest absolute Gasteiger partial charge is 0.466 e. The number of hydrogen-bond donors (Lipinski definition) is 0. The van der Waals surface area contributed by atoms with Crippen LogP contribution >= 0.6 is 0 Å². The highest BCUT2D eigenvalue weighted by Crippen LogP contribution is 2.11. The molecule has 104 valence electrons. The second-order valence-corrected chi connectivity index (χ2v) is 5.20. The van der Waals surface area contributed by atoms with Crippen molar-refractivity contribution in [1.82, 2.24) is 0 Å². The molecule has 0 amide bonds. The number of ether oxygens (including phenoxy) is 1. The van der Waals surface area contributed by atoms with Gasteiger partial charge in [0.2, 0.25) is 0 Å². The normalized spacial score (nSPS) is 22.1. The van der Waals surface area contributed by atoms with Gasteiger partial charge in [-0.2, -0.15) is 0 Å². The number of cyclic esters (lactones) is 1. The molecule has 2 nitrogen and oxygen atoms in total. The average Bonchev–Trinajstić information content (AvgIpc) is 2.37. The van der Waals surface area contributed by atoms with E-state index in [-0.39, 0.29) is 5.97 Å². The van der Waals surface area contributed by atoms with Crippen molar-refractivity contribution in [3.8, 4) is 0 Å². The van der Waals surface area contributed by atoms with Gasteiger partial charge in [-0.1, -0.05) is 57.1 Å². The van der Waals surface area contributed by atoms with Crippen LogP contribution in [0.4, 0.5) is 0 Å². The maximum Gasteiger partial charge on any atom is 0.306 e. The first-order chi connectivity index (χ1) is 8.89. The maximum atomic E-state index is 11.4. The summed E-state index contributed by atoms with van der Waals surface area (Å²) in [7, 11) is 0. The van der Waals surface area contributed by atoms with Crippen LogP contribution in [0, 0.1) is 0 Å². The van der Waals surface area contributed by atoms with Crippen LogP contribution in [0.2, 0.25) is 0 Å². The first-order valence-electron chi connectivity index (χ1n) is 7.70. The fourth-order valence-electron chi connectivity index (χ4n) is 2.30. The van der Waals surface area contributed by atoms with Crippen molar-refractivity contribution in [1.29, 1.82) is 0 Å². The quantitative estimate of drug-likeness (QED) is 0.458. The number of carbonyl (C=O) groups excluding carboxylic acids is 1. The summed E-state index contributed by atoms with van der Waals surface area (Å²) in [4.78, 5) is 11.4. The Morgan fingerprint density at radius 2 is 1.28 bits per heavy atom. The fourth-order valence-corrected chi connectivity index (χ4v) is 2.30. The van der Waals surface area contributed by atoms with E-state index in [4.69, 9.17) is 4.74 Å². The second kappa shape index (κ2) is 11.3. The van der Waals surface area contributed by atoms with Gasteiger partial charge in [-0.05, 0) is 25.7 Å². The van der Waals surface area contributed by atoms with Crippen LogP contribution in [-0.4, -0.2) is 12.6 Å². The minimum absolute atomic E-state index is 0.0380. The Hall–Kier alpha value is -0.790. The minimum atomic E-state index is -0.0380. The zero-order valence-electron chi connectivity index (χ0n) is 11.7. The van der Waals surface area contributed by atoms with Gasteiger partial charge in [-0.25, -0.2) is 0 Å². The zero-order chi connectivity index (χ0) is 12.9. The van der Waals surface area contributed by atoms with Gasteiger partial charge in [0.25, 0.3) is 0 Å². The molecule has 0 unspecified atom stereocenters. The van der Waals surface area contributed by atoms with Crippen molar-refractivity contribution in [2.24, 2.45) is 0 Å². The lowest BCUT2D eigenvalue weighted by Gasteiger charge is -2.04. The van der Waals surface area contributed by atoms with Crippen LogP contribution in [-0.2, 0) is 9.53 Å². The second-order valence-electron chi connectivity index (χ2n) is 5.20. The Morgan fingerprint density at radius 3 is 2.00 bits per heavy atom. The Morgan fingerprint density at radius 1 is 0.722 bits per heavy atom. The molecular weight excluding hydrogens is 224 g/mol. The van der Waals surface area contributed by atoms with E-state index in [0.717, 1.165) is 19.3 Å². The predicted molar refractivity (Wildman–Crippen MR) is 75.5 cm³/mol. The van der Waals surface area contributed by atoms with Crippen LogP contribution < -0.4 is 0 Å². The molecule has 0 aromatic carbocycles. The standard InChI is InChI=1S/C16H28O2/c17-16-14-12-10-8-6-4-2-1-3-5-7-9-11-13-15-18-16/h8,10H,1-7,9,11-15H2. The van der Waals surface area contributed by atoms with E-state index in [2.05, 4.69) is 12.2 Å². The highest BCUT2D eigenvalue weighted by Gasteiger charge is 2.01. The molecule has 0 bridgehead atoms. The number of allylic oxidation sites excluding steroid dienone is 2. The monoisotopic (exact) mass is 252 g/mol. The van der Waals surface area contributed by atoms with Gasteiger partial charge in [-0.15, -0.1) is 0 Å². The first kappa shape index (κ1) is 15.3. The molecule has 18 heavy (non-hydrogen) atoms. The van der Waals surface area contributed by atoms with Gasteiger partial charge in [0, 0.05) is 6.42 Å². The summed E-state index contributed by atoms with van der Waals surface area (Å²) in [6, 6.07) is 0. The van der Waals surface area contributed by atoms with Crippen molar-refractivity contribution in [2.75, 3.05) is 6.61 Å². The molecule has 2 heteroatoms. The van der Waals surface area contributed by atoms with E-state index in [1.165, 1.54) is 51.4 Å². The van der Waals surface area contributed by atoms with E-state index in [1.54, 1.807) is 0 Å². The minimum Gasteiger partial charge on any atom is -0.466 e. The van der Waals surface area contributed by atoms with Crippen LogP contribution in [0.5, 0.6) is 0 Å². The van der Waals surface area contributed by atoms with E-state index in [9.17, 15) is 4.79 Å². The van der Waals surface area contributed by atoms with Gasteiger partial charge in [0.05, 0.1) is 6.61 Å². The molecule has 1 rings (SSSR count).